The highest BCUT2D eigenvalue weighted by Crippen LogP contribution is 2.35. The number of hydrogen-bond donors (Lipinski definition) is 2. The van der Waals surface area contributed by atoms with E-state index >= 15 is 0 Å². The lowest BCUT2D eigenvalue weighted by atomic mass is 9.99. The molecule has 6 heteroatoms. The summed E-state index contributed by atoms with van der Waals surface area (Å²) in [5, 5.41) is 11.6. The molecule has 122 valence electrons. The average Bonchev–Trinajstić information content (AvgIpc) is 2.78. The van der Waals surface area contributed by atoms with E-state index in [1.807, 2.05) is 41.6 Å². The summed E-state index contributed by atoms with van der Waals surface area (Å²) < 4.78 is 14.1. The normalized spacial score (nSPS) is 14.6. The zero-order valence-corrected chi connectivity index (χ0v) is 14.8. The summed E-state index contributed by atoms with van der Waals surface area (Å²) in [6, 6.07) is 8.35. The maximum Gasteiger partial charge on any atom is 0.307 e. The van der Waals surface area contributed by atoms with Crippen LogP contribution in [0.2, 0.25) is 0 Å². The van der Waals surface area contributed by atoms with Crippen LogP contribution >= 0.6 is 22.6 Å². The molecule has 4 nitrogen and oxygen atoms in total. The third-order valence-electron chi connectivity index (χ3n) is 3.87. The molecule has 0 unspecified atom stereocenters. The van der Waals surface area contributed by atoms with Gasteiger partial charge in [0, 0.05) is 14.7 Å². The number of carboxylic acids is 1. The highest BCUT2D eigenvalue weighted by atomic mass is 127. The molecule has 3 rings (SSSR count). The molecular weight excluding hydrogens is 424 g/mol. The Hall–Kier alpha value is -2.22. The summed E-state index contributed by atoms with van der Waals surface area (Å²) in [4.78, 5) is 23.1. The van der Waals surface area contributed by atoms with Crippen molar-refractivity contribution in [2.24, 2.45) is 0 Å². The summed E-state index contributed by atoms with van der Waals surface area (Å²) in [7, 11) is 0. The quantitative estimate of drug-likeness (QED) is 0.567. The third kappa shape index (κ3) is 3.19. The Bertz CT molecular complexity index is 905. The van der Waals surface area contributed by atoms with Gasteiger partial charge < -0.3 is 10.4 Å². The maximum absolute atomic E-state index is 13.6. The van der Waals surface area contributed by atoms with Crippen LogP contribution in [0.3, 0.4) is 0 Å². The Morgan fingerprint density at radius 1 is 1.33 bits per heavy atom. The number of anilines is 1. The summed E-state index contributed by atoms with van der Waals surface area (Å²) in [6.07, 6.45) is 1.62. The summed E-state index contributed by atoms with van der Waals surface area (Å²) >= 11 is 1.88. The van der Waals surface area contributed by atoms with Crippen LogP contribution in [0.1, 0.15) is 22.3 Å². The van der Waals surface area contributed by atoms with E-state index in [-0.39, 0.29) is 18.1 Å². The molecule has 2 aromatic rings. The second kappa shape index (κ2) is 6.35. The van der Waals surface area contributed by atoms with E-state index < -0.39 is 5.97 Å². The van der Waals surface area contributed by atoms with Crippen molar-refractivity contribution < 1.29 is 19.1 Å². The molecule has 0 saturated heterocycles. The molecular formula is C18H13FINO3. The zero-order chi connectivity index (χ0) is 17.4. The molecule has 0 atom stereocenters. The zero-order valence-electron chi connectivity index (χ0n) is 12.7. The molecule has 0 aliphatic carbocycles. The minimum Gasteiger partial charge on any atom is -0.481 e. The van der Waals surface area contributed by atoms with Gasteiger partial charge in [-0.2, -0.15) is 0 Å². The van der Waals surface area contributed by atoms with Gasteiger partial charge in [0.2, 0.25) is 0 Å². The van der Waals surface area contributed by atoms with Gasteiger partial charge >= 0.3 is 5.97 Å². The van der Waals surface area contributed by atoms with E-state index in [0.717, 1.165) is 11.1 Å². The number of amides is 1. The Kier molecular flexibility index (Phi) is 4.40. The third-order valence-corrected chi connectivity index (χ3v) is 4.70. The number of rotatable bonds is 3. The summed E-state index contributed by atoms with van der Waals surface area (Å²) in [5.74, 6) is -1.58. The first-order valence-electron chi connectivity index (χ1n) is 7.19. The molecule has 0 radical (unpaired) electrons. The van der Waals surface area contributed by atoms with Gasteiger partial charge in [0.15, 0.2) is 0 Å². The molecule has 0 fully saturated rings. The van der Waals surface area contributed by atoms with Gasteiger partial charge in [0.25, 0.3) is 5.91 Å². The average molecular weight is 437 g/mol. The number of carboxylic acid groups (broad SMARTS) is 1. The van der Waals surface area contributed by atoms with Crippen molar-refractivity contribution in [3.05, 3.63) is 62.0 Å². The van der Waals surface area contributed by atoms with Crippen LogP contribution < -0.4 is 5.32 Å². The number of hydrogen-bond acceptors (Lipinski definition) is 2. The van der Waals surface area contributed by atoms with Crippen molar-refractivity contribution in [2.75, 3.05) is 5.32 Å². The number of carbonyl (C=O) groups excluding carboxylic acids is 1. The second-order valence-corrected chi connectivity index (χ2v) is 6.74. The number of benzene rings is 2. The van der Waals surface area contributed by atoms with Crippen molar-refractivity contribution in [1.82, 2.24) is 0 Å². The lowest BCUT2D eigenvalue weighted by Gasteiger charge is -2.06. The van der Waals surface area contributed by atoms with Gasteiger partial charge in [-0.15, -0.1) is 0 Å². The Morgan fingerprint density at radius 2 is 2.08 bits per heavy atom. The first kappa shape index (κ1) is 16.6. The van der Waals surface area contributed by atoms with Crippen molar-refractivity contribution >= 4 is 51.8 Å². The minimum absolute atomic E-state index is 0.0747. The molecule has 0 aromatic heterocycles. The lowest BCUT2D eigenvalue weighted by molar-refractivity contribution is -0.136. The Morgan fingerprint density at radius 3 is 2.79 bits per heavy atom. The van der Waals surface area contributed by atoms with Gasteiger partial charge in [-0.3, -0.25) is 9.59 Å². The number of nitrogens with one attached hydrogen (secondary N) is 1. The van der Waals surface area contributed by atoms with E-state index in [9.17, 15) is 14.0 Å². The van der Waals surface area contributed by atoms with Crippen LogP contribution in [0.4, 0.5) is 10.1 Å². The van der Waals surface area contributed by atoms with E-state index in [1.54, 1.807) is 18.2 Å². The molecule has 1 aliphatic rings. The van der Waals surface area contributed by atoms with E-state index in [4.69, 9.17) is 5.11 Å². The number of aliphatic carboxylic acids is 1. The summed E-state index contributed by atoms with van der Waals surface area (Å²) in [6.45, 7) is 1.85. The van der Waals surface area contributed by atoms with Crippen LogP contribution in [0, 0.1) is 16.3 Å². The smallest absolute Gasteiger partial charge is 0.307 e. The van der Waals surface area contributed by atoms with Crippen LogP contribution in [0.5, 0.6) is 0 Å². The molecule has 2 aromatic carbocycles. The highest BCUT2D eigenvalue weighted by molar-refractivity contribution is 14.1. The topological polar surface area (TPSA) is 66.4 Å². The predicted molar refractivity (Wildman–Crippen MR) is 98.1 cm³/mol. The summed E-state index contributed by atoms with van der Waals surface area (Å²) in [5.41, 5.74) is 3.84. The Labute approximate surface area is 151 Å². The van der Waals surface area contributed by atoms with Crippen molar-refractivity contribution in [2.45, 2.75) is 13.3 Å². The molecule has 24 heavy (non-hydrogen) atoms. The van der Waals surface area contributed by atoms with E-state index in [2.05, 4.69) is 5.32 Å². The van der Waals surface area contributed by atoms with Crippen LogP contribution in [-0.4, -0.2) is 17.0 Å². The van der Waals surface area contributed by atoms with Crippen LogP contribution in [-0.2, 0) is 16.0 Å². The largest absolute Gasteiger partial charge is 0.481 e. The van der Waals surface area contributed by atoms with Gasteiger partial charge in [0.05, 0.1) is 12.1 Å². The minimum atomic E-state index is -0.906. The number of carbonyl (C=O) groups is 2. The van der Waals surface area contributed by atoms with Crippen LogP contribution in [0.25, 0.3) is 11.6 Å². The molecule has 1 amide bonds. The standard InChI is InChI=1S/C18H13FINO3/c1-9-2-3-10(4-11(9)6-17(22)23)5-13-12-7-15(20)14(19)8-16(12)21-18(13)24/h2-5,7-8H,6H2,1H3,(H,21,24)(H,22,23). The molecule has 1 heterocycles. The molecule has 0 saturated carbocycles. The van der Waals surface area contributed by atoms with Gasteiger partial charge in [-0.1, -0.05) is 18.2 Å². The number of fused-ring (bicyclic) bond motifs is 1. The second-order valence-electron chi connectivity index (χ2n) is 5.58. The number of halogens is 2. The van der Waals surface area contributed by atoms with Crippen molar-refractivity contribution in [3.8, 4) is 0 Å². The first-order valence-corrected chi connectivity index (χ1v) is 8.27. The lowest BCUT2D eigenvalue weighted by Crippen LogP contribution is -2.04. The van der Waals surface area contributed by atoms with Crippen molar-refractivity contribution in [1.29, 1.82) is 0 Å². The molecule has 0 bridgehead atoms. The predicted octanol–water partition coefficient (Wildman–Crippen LogP) is 3.86. The first-order chi connectivity index (χ1) is 11.3. The molecule has 1 aliphatic heterocycles. The monoisotopic (exact) mass is 437 g/mol. The molecule has 0 spiro atoms. The Balaban J connectivity index is 2.05. The fourth-order valence-electron chi connectivity index (χ4n) is 2.63. The van der Waals surface area contributed by atoms with E-state index in [0.29, 0.717) is 26.0 Å². The van der Waals surface area contributed by atoms with Gasteiger partial charge in [-0.05, 0) is 64.4 Å². The van der Waals surface area contributed by atoms with E-state index in [1.165, 1.54) is 6.07 Å². The number of aryl methyl sites for hydroxylation is 1. The fourth-order valence-corrected chi connectivity index (χ4v) is 3.10. The SMILES string of the molecule is Cc1ccc(C=C2C(=O)Nc3cc(F)c(I)cc32)cc1CC(=O)O. The fraction of sp³-hybridized carbons (Fsp3) is 0.111. The molecule has 2 N–H and O–H groups in total. The van der Waals surface area contributed by atoms with Gasteiger partial charge in [-0.25, -0.2) is 4.39 Å². The van der Waals surface area contributed by atoms with Crippen molar-refractivity contribution in [3.63, 3.8) is 0 Å². The van der Waals surface area contributed by atoms with Gasteiger partial charge in [0.1, 0.15) is 5.82 Å². The maximum atomic E-state index is 13.6. The van der Waals surface area contributed by atoms with Crippen LogP contribution in [0.15, 0.2) is 30.3 Å². The highest BCUT2D eigenvalue weighted by Gasteiger charge is 2.25.